The lowest BCUT2D eigenvalue weighted by Crippen LogP contribution is -2.36. The van der Waals surface area contributed by atoms with Crippen molar-refractivity contribution in [3.63, 3.8) is 0 Å². The average Bonchev–Trinajstić information content (AvgIpc) is 3.51. The summed E-state index contributed by atoms with van der Waals surface area (Å²) < 4.78 is 40.0. The van der Waals surface area contributed by atoms with Crippen LogP contribution in [0.25, 0.3) is 11.1 Å². The van der Waals surface area contributed by atoms with Crippen LogP contribution in [0.3, 0.4) is 0 Å². The molecule has 1 N–H and O–H groups in total. The number of sulfonamides is 1. The third kappa shape index (κ3) is 4.73. The van der Waals surface area contributed by atoms with Gasteiger partial charge in [-0.15, -0.1) is 0 Å². The number of nitrogens with one attached hydrogen (secondary N) is 1. The van der Waals surface area contributed by atoms with Gasteiger partial charge in [-0.25, -0.2) is 17.5 Å². The van der Waals surface area contributed by atoms with E-state index in [0.717, 1.165) is 30.4 Å². The van der Waals surface area contributed by atoms with Gasteiger partial charge in [-0.05, 0) is 48.8 Å². The van der Waals surface area contributed by atoms with E-state index in [2.05, 4.69) is 4.72 Å². The molecule has 1 saturated heterocycles. The fraction of sp³-hybridized carbons (Fsp3) is 0.435. The summed E-state index contributed by atoms with van der Waals surface area (Å²) in [6.07, 6.45) is 4.08. The van der Waals surface area contributed by atoms with Gasteiger partial charge in [0.2, 0.25) is 15.9 Å². The second-order valence-corrected chi connectivity index (χ2v) is 10.1. The molecule has 5 nitrogen and oxygen atoms in total. The number of carbonyl (C=O) groups is 1. The number of likely N-dealkylation sites (tertiary alicyclic amines) is 1. The van der Waals surface area contributed by atoms with E-state index in [9.17, 15) is 17.6 Å². The molecule has 0 spiro atoms. The van der Waals surface area contributed by atoms with E-state index in [0.29, 0.717) is 25.1 Å². The van der Waals surface area contributed by atoms with Gasteiger partial charge in [-0.2, -0.15) is 0 Å². The van der Waals surface area contributed by atoms with E-state index in [1.54, 1.807) is 12.1 Å². The summed E-state index contributed by atoms with van der Waals surface area (Å²) in [5.74, 6) is -0.118. The standard InChI is InChI=1S/C23H27FN2O3S/c1-30(28,29)25-16-7-6-13-26(14-12-16)23(27)21-15-20(21)18-9-3-2-8-17(18)19-10-4-5-11-22(19)24/h2-5,8-11,16,20-21,25H,6-7,12-15H2,1H3/t16-,20-,21+/m0/s1. The predicted molar refractivity (Wildman–Crippen MR) is 115 cm³/mol. The SMILES string of the molecule is CS(=O)(=O)N[C@H]1CCCN(C(=O)[C@@H]2C[C@H]2c2ccccc2-c2ccccc2F)CC1. The highest BCUT2D eigenvalue weighted by Gasteiger charge is 2.46. The Morgan fingerprint density at radius 2 is 1.73 bits per heavy atom. The summed E-state index contributed by atoms with van der Waals surface area (Å²) in [5.41, 5.74) is 2.44. The molecule has 7 heteroatoms. The Hall–Kier alpha value is -2.25. The first kappa shape index (κ1) is 21.0. The van der Waals surface area contributed by atoms with Gasteiger partial charge in [0, 0.05) is 30.6 Å². The minimum atomic E-state index is -3.25. The van der Waals surface area contributed by atoms with Crippen LogP contribution in [0.5, 0.6) is 0 Å². The zero-order valence-electron chi connectivity index (χ0n) is 17.1. The molecule has 2 aliphatic rings. The smallest absolute Gasteiger partial charge is 0.226 e. The molecule has 1 saturated carbocycles. The van der Waals surface area contributed by atoms with Crippen LogP contribution in [0.15, 0.2) is 48.5 Å². The van der Waals surface area contributed by atoms with Gasteiger partial charge < -0.3 is 4.90 Å². The maximum absolute atomic E-state index is 14.4. The molecule has 0 radical (unpaired) electrons. The van der Waals surface area contributed by atoms with Gasteiger partial charge in [0.15, 0.2) is 0 Å². The van der Waals surface area contributed by atoms with E-state index in [1.807, 2.05) is 35.2 Å². The Bertz CT molecular complexity index is 1040. The van der Waals surface area contributed by atoms with Crippen molar-refractivity contribution in [2.45, 2.75) is 37.6 Å². The molecular formula is C23H27FN2O3S. The molecule has 2 fully saturated rings. The van der Waals surface area contributed by atoms with Crippen LogP contribution in [-0.4, -0.2) is 44.6 Å². The zero-order valence-corrected chi connectivity index (χ0v) is 17.9. The largest absolute Gasteiger partial charge is 0.342 e. The van der Waals surface area contributed by atoms with Gasteiger partial charge >= 0.3 is 0 Å². The summed E-state index contributed by atoms with van der Waals surface area (Å²) >= 11 is 0. The van der Waals surface area contributed by atoms with Crippen LogP contribution in [-0.2, 0) is 14.8 Å². The molecule has 3 atom stereocenters. The molecule has 1 amide bonds. The van der Waals surface area contributed by atoms with Crippen molar-refractivity contribution in [3.8, 4) is 11.1 Å². The second-order valence-electron chi connectivity index (χ2n) is 8.36. The van der Waals surface area contributed by atoms with Crippen LogP contribution < -0.4 is 4.72 Å². The first-order valence-corrected chi connectivity index (χ1v) is 12.3. The van der Waals surface area contributed by atoms with Crippen molar-refractivity contribution in [2.24, 2.45) is 5.92 Å². The van der Waals surface area contributed by atoms with E-state index in [4.69, 9.17) is 0 Å². The van der Waals surface area contributed by atoms with Crippen molar-refractivity contribution >= 4 is 15.9 Å². The molecule has 4 rings (SSSR count). The molecule has 160 valence electrons. The quantitative estimate of drug-likeness (QED) is 0.789. The fourth-order valence-electron chi connectivity index (χ4n) is 4.53. The van der Waals surface area contributed by atoms with E-state index in [-0.39, 0.29) is 29.6 Å². The van der Waals surface area contributed by atoms with Gasteiger partial charge in [0.25, 0.3) is 0 Å². The van der Waals surface area contributed by atoms with Crippen LogP contribution in [0.1, 0.15) is 37.2 Å². The Kier molecular flexibility index (Phi) is 5.93. The predicted octanol–water partition coefficient (Wildman–Crippen LogP) is 3.53. The number of carbonyl (C=O) groups excluding carboxylic acids is 1. The molecule has 30 heavy (non-hydrogen) atoms. The second kappa shape index (κ2) is 8.47. The highest BCUT2D eigenvalue weighted by Crippen LogP contribution is 2.51. The number of rotatable bonds is 5. The Labute approximate surface area is 177 Å². The lowest BCUT2D eigenvalue weighted by atomic mass is 9.95. The van der Waals surface area contributed by atoms with E-state index >= 15 is 0 Å². The molecule has 2 aromatic carbocycles. The first-order chi connectivity index (χ1) is 14.3. The number of nitrogens with zero attached hydrogens (tertiary/aromatic N) is 1. The number of benzene rings is 2. The van der Waals surface area contributed by atoms with Crippen LogP contribution >= 0.6 is 0 Å². The van der Waals surface area contributed by atoms with Crippen molar-refractivity contribution in [2.75, 3.05) is 19.3 Å². The summed E-state index contributed by atoms with van der Waals surface area (Å²) in [6.45, 7) is 1.21. The monoisotopic (exact) mass is 430 g/mol. The Morgan fingerprint density at radius 3 is 2.47 bits per heavy atom. The maximum Gasteiger partial charge on any atom is 0.226 e. The number of hydrogen-bond acceptors (Lipinski definition) is 3. The molecule has 1 aliphatic carbocycles. The van der Waals surface area contributed by atoms with E-state index in [1.165, 1.54) is 12.3 Å². The van der Waals surface area contributed by atoms with Gasteiger partial charge in [0.1, 0.15) is 5.82 Å². The average molecular weight is 431 g/mol. The van der Waals surface area contributed by atoms with Gasteiger partial charge in [-0.1, -0.05) is 42.5 Å². The van der Waals surface area contributed by atoms with Crippen molar-refractivity contribution in [3.05, 3.63) is 59.9 Å². The summed E-state index contributed by atoms with van der Waals surface area (Å²) in [6, 6.07) is 14.4. The maximum atomic E-state index is 14.4. The van der Waals surface area contributed by atoms with Crippen LogP contribution in [0, 0.1) is 11.7 Å². The molecular weight excluding hydrogens is 403 g/mol. The lowest BCUT2D eigenvalue weighted by molar-refractivity contribution is -0.132. The van der Waals surface area contributed by atoms with Crippen molar-refractivity contribution in [1.29, 1.82) is 0 Å². The molecule has 1 heterocycles. The molecule has 0 bridgehead atoms. The number of hydrogen-bond donors (Lipinski definition) is 1. The number of halogens is 1. The van der Waals surface area contributed by atoms with Crippen molar-refractivity contribution in [1.82, 2.24) is 9.62 Å². The number of amides is 1. The minimum Gasteiger partial charge on any atom is -0.342 e. The summed E-state index contributed by atoms with van der Waals surface area (Å²) in [7, 11) is -3.25. The Morgan fingerprint density at radius 1 is 1.03 bits per heavy atom. The zero-order chi connectivity index (χ0) is 21.3. The highest BCUT2D eigenvalue weighted by atomic mass is 32.2. The van der Waals surface area contributed by atoms with Gasteiger partial charge in [-0.3, -0.25) is 4.79 Å². The summed E-state index contributed by atoms with van der Waals surface area (Å²) in [4.78, 5) is 15.0. The van der Waals surface area contributed by atoms with Gasteiger partial charge in [0.05, 0.1) is 6.26 Å². The minimum absolute atomic E-state index is 0.0858. The third-order valence-electron chi connectivity index (χ3n) is 6.05. The lowest BCUT2D eigenvalue weighted by Gasteiger charge is -2.21. The van der Waals surface area contributed by atoms with Crippen molar-refractivity contribution < 1.29 is 17.6 Å². The molecule has 1 aliphatic heterocycles. The molecule has 2 aromatic rings. The van der Waals surface area contributed by atoms with Crippen LogP contribution in [0.4, 0.5) is 4.39 Å². The molecule has 0 unspecified atom stereocenters. The Balaban J connectivity index is 1.45. The fourth-order valence-corrected chi connectivity index (χ4v) is 5.37. The first-order valence-electron chi connectivity index (χ1n) is 10.4. The van der Waals surface area contributed by atoms with Crippen LogP contribution in [0.2, 0.25) is 0 Å². The summed E-state index contributed by atoms with van der Waals surface area (Å²) in [5, 5.41) is 0. The topological polar surface area (TPSA) is 66.5 Å². The molecule has 0 aromatic heterocycles. The third-order valence-corrected chi connectivity index (χ3v) is 6.81. The normalized spacial score (nSPS) is 24.3. The highest BCUT2D eigenvalue weighted by molar-refractivity contribution is 7.88. The van der Waals surface area contributed by atoms with E-state index < -0.39 is 10.0 Å².